The Morgan fingerprint density at radius 2 is 1.60 bits per heavy atom. The molecular formula is C31H23Cl2F3N4O3. The van der Waals surface area contributed by atoms with Crippen LogP contribution in [0.1, 0.15) is 12.5 Å². The highest BCUT2D eigenvalue weighted by atomic mass is 35.5. The Kier molecular flexibility index (Phi) is 7.22. The number of alkyl halides is 3. The second-order valence-electron chi connectivity index (χ2n) is 10.3. The Hall–Kier alpha value is -4.28. The molecule has 2 aromatic heterocycles. The molecule has 6 rings (SSSR count). The van der Waals surface area contributed by atoms with E-state index in [9.17, 15) is 27.9 Å². The molecule has 0 atom stereocenters. The van der Waals surface area contributed by atoms with Gasteiger partial charge in [-0.05, 0) is 59.7 Å². The summed E-state index contributed by atoms with van der Waals surface area (Å²) in [5.74, 6) is -0.374. The first-order valence-electron chi connectivity index (χ1n) is 13.3. The number of nitrogens with zero attached hydrogens (tertiary/aromatic N) is 4. The van der Waals surface area contributed by atoms with Crippen molar-refractivity contribution in [3.63, 3.8) is 0 Å². The topological polar surface area (TPSA) is 78.7 Å². The van der Waals surface area contributed by atoms with Crippen molar-refractivity contribution < 1.29 is 23.1 Å². The zero-order valence-electron chi connectivity index (χ0n) is 22.6. The maximum atomic E-state index is 14.5. The lowest BCUT2D eigenvalue weighted by atomic mass is 10.0. The summed E-state index contributed by atoms with van der Waals surface area (Å²) >= 11 is 12.3. The first-order valence-corrected chi connectivity index (χ1v) is 14.0. The average Bonchev–Trinajstić information content (AvgIpc) is 2.98. The fraction of sp³-hybridized carbons (Fsp3) is 0.194. The Labute approximate surface area is 253 Å². The van der Waals surface area contributed by atoms with Crippen LogP contribution in [0.15, 0.2) is 71.7 Å². The van der Waals surface area contributed by atoms with E-state index in [0.717, 1.165) is 6.07 Å². The predicted octanol–water partition coefficient (Wildman–Crippen LogP) is 6.91. The van der Waals surface area contributed by atoms with Crippen molar-refractivity contribution in [2.45, 2.75) is 13.1 Å². The van der Waals surface area contributed by atoms with E-state index in [1.54, 1.807) is 52.4 Å². The SMILES string of the molecule is CC(=O)N1CCN(c2ccc(-n3c(=O)ccc4cnc5ccc(-c6cc(Cl)c(O)c(Cl)c6)cc5c43)cc2C(F)(F)F)CC1. The number of fused-ring (bicyclic) bond motifs is 3. The summed E-state index contributed by atoms with van der Waals surface area (Å²) in [6.07, 6.45) is -3.14. The zero-order valence-corrected chi connectivity index (χ0v) is 24.1. The smallest absolute Gasteiger partial charge is 0.418 e. The van der Waals surface area contributed by atoms with Crippen molar-refractivity contribution in [3.8, 4) is 22.6 Å². The number of piperazine rings is 1. The third-order valence-electron chi connectivity index (χ3n) is 7.68. The van der Waals surface area contributed by atoms with E-state index in [4.69, 9.17) is 23.2 Å². The molecule has 0 bridgehead atoms. The molecule has 43 heavy (non-hydrogen) atoms. The number of rotatable bonds is 3. The molecule has 1 aliphatic rings. The molecule has 220 valence electrons. The molecule has 0 aliphatic carbocycles. The molecule has 0 spiro atoms. The molecule has 1 fully saturated rings. The van der Waals surface area contributed by atoms with Crippen molar-refractivity contribution in [1.82, 2.24) is 14.5 Å². The molecule has 3 aromatic carbocycles. The van der Waals surface area contributed by atoms with Crippen LogP contribution in [0.2, 0.25) is 10.0 Å². The third kappa shape index (κ3) is 5.25. The molecule has 0 radical (unpaired) electrons. The van der Waals surface area contributed by atoms with Gasteiger partial charge in [0, 0.05) is 61.8 Å². The summed E-state index contributed by atoms with van der Waals surface area (Å²) in [4.78, 5) is 32.8. The maximum absolute atomic E-state index is 14.5. The quantitative estimate of drug-likeness (QED) is 0.220. The van der Waals surface area contributed by atoms with E-state index in [2.05, 4.69) is 4.98 Å². The third-order valence-corrected chi connectivity index (χ3v) is 8.25. The van der Waals surface area contributed by atoms with Crippen LogP contribution >= 0.6 is 23.2 Å². The largest absolute Gasteiger partial charge is 0.505 e. The Morgan fingerprint density at radius 1 is 0.907 bits per heavy atom. The summed E-state index contributed by atoms with van der Waals surface area (Å²) in [5, 5.41) is 11.2. The number of carbonyl (C=O) groups excluding carboxylic acids is 1. The monoisotopic (exact) mass is 626 g/mol. The molecule has 0 unspecified atom stereocenters. The van der Waals surface area contributed by atoms with Crippen LogP contribution in [0.5, 0.6) is 5.75 Å². The van der Waals surface area contributed by atoms with Crippen molar-refractivity contribution in [2.75, 3.05) is 31.1 Å². The molecule has 1 saturated heterocycles. The van der Waals surface area contributed by atoms with E-state index in [1.165, 1.54) is 29.7 Å². The normalized spacial score (nSPS) is 14.1. The molecule has 1 N–H and O–H groups in total. The summed E-state index contributed by atoms with van der Waals surface area (Å²) in [6.45, 7) is 2.57. The van der Waals surface area contributed by atoms with Crippen LogP contribution in [-0.2, 0) is 11.0 Å². The number of aromatic hydroxyl groups is 1. The fourth-order valence-corrected chi connectivity index (χ4v) is 5.99. The van der Waals surface area contributed by atoms with Crippen LogP contribution in [0.25, 0.3) is 38.6 Å². The van der Waals surface area contributed by atoms with Crippen LogP contribution < -0.4 is 10.5 Å². The van der Waals surface area contributed by atoms with Gasteiger partial charge in [-0.2, -0.15) is 13.2 Å². The van der Waals surface area contributed by atoms with Crippen LogP contribution in [0.3, 0.4) is 0 Å². The fourth-order valence-electron chi connectivity index (χ4n) is 5.51. The lowest BCUT2D eigenvalue weighted by Crippen LogP contribution is -2.48. The minimum atomic E-state index is -4.70. The van der Waals surface area contributed by atoms with E-state index in [-0.39, 0.29) is 46.2 Å². The standard InChI is InChI=1S/C31H23Cl2F3N4O3/c1-17(41)38-8-10-39(11-9-38)27-6-4-21(15-23(27)31(34,35)36)40-28(42)7-3-19-16-37-26-5-2-18(12-22(26)29(19)40)20-13-24(32)30(43)25(33)14-20/h2-7,12-16,43H,8-11H2,1H3. The number of halogens is 5. The van der Waals surface area contributed by atoms with Crippen molar-refractivity contribution >= 4 is 56.6 Å². The number of pyridine rings is 2. The molecule has 7 nitrogen and oxygen atoms in total. The number of amides is 1. The number of hydrogen-bond donors (Lipinski definition) is 1. The van der Waals surface area contributed by atoms with Crippen LogP contribution in [-0.4, -0.2) is 51.6 Å². The second kappa shape index (κ2) is 10.8. The van der Waals surface area contributed by atoms with Crippen molar-refractivity contribution in [2.24, 2.45) is 0 Å². The Morgan fingerprint density at radius 3 is 2.26 bits per heavy atom. The van der Waals surface area contributed by atoms with Gasteiger partial charge in [0.15, 0.2) is 5.75 Å². The van der Waals surface area contributed by atoms with Gasteiger partial charge in [0.05, 0.1) is 32.3 Å². The first kappa shape index (κ1) is 28.8. The summed E-state index contributed by atoms with van der Waals surface area (Å²) in [5.41, 5.74) is 0.767. The van der Waals surface area contributed by atoms with Gasteiger partial charge in [0.25, 0.3) is 5.56 Å². The molecule has 3 heterocycles. The average molecular weight is 627 g/mol. The maximum Gasteiger partial charge on any atom is 0.418 e. The molecule has 1 amide bonds. The number of phenols is 1. The minimum absolute atomic E-state index is 0.0114. The number of aromatic nitrogens is 2. The molecule has 0 saturated carbocycles. The highest BCUT2D eigenvalue weighted by Crippen LogP contribution is 2.40. The summed E-state index contributed by atoms with van der Waals surface area (Å²) in [6, 6.07) is 15.1. The van der Waals surface area contributed by atoms with E-state index in [1.807, 2.05) is 0 Å². The number of carbonyl (C=O) groups is 1. The van der Waals surface area contributed by atoms with E-state index in [0.29, 0.717) is 46.0 Å². The summed E-state index contributed by atoms with van der Waals surface area (Å²) in [7, 11) is 0. The van der Waals surface area contributed by atoms with Crippen molar-refractivity contribution in [1.29, 1.82) is 0 Å². The molecular weight excluding hydrogens is 604 g/mol. The van der Waals surface area contributed by atoms with Crippen LogP contribution in [0.4, 0.5) is 18.9 Å². The highest BCUT2D eigenvalue weighted by molar-refractivity contribution is 6.37. The minimum Gasteiger partial charge on any atom is -0.505 e. The van der Waals surface area contributed by atoms with Gasteiger partial charge in [0.2, 0.25) is 5.91 Å². The second-order valence-corrected chi connectivity index (χ2v) is 11.1. The Bertz CT molecular complexity index is 1960. The van der Waals surface area contributed by atoms with Gasteiger partial charge in [0.1, 0.15) is 0 Å². The summed E-state index contributed by atoms with van der Waals surface area (Å²) < 4.78 is 44.7. The number of anilines is 1. The molecule has 5 aromatic rings. The van der Waals surface area contributed by atoms with Crippen molar-refractivity contribution in [3.05, 3.63) is 92.8 Å². The number of benzene rings is 3. The van der Waals surface area contributed by atoms with E-state index >= 15 is 0 Å². The van der Waals surface area contributed by atoms with Gasteiger partial charge in [-0.1, -0.05) is 29.3 Å². The number of hydrogen-bond acceptors (Lipinski definition) is 5. The lowest BCUT2D eigenvalue weighted by molar-refractivity contribution is -0.137. The van der Waals surface area contributed by atoms with E-state index < -0.39 is 17.3 Å². The Balaban J connectivity index is 1.54. The van der Waals surface area contributed by atoms with Gasteiger partial charge in [-0.3, -0.25) is 19.1 Å². The van der Waals surface area contributed by atoms with Gasteiger partial charge >= 0.3 is 6.18 Å². The molecule has 12 heteroatoms. The predicted molar refractivity (Wildman–Crippen MR) is 161 cm³/mol. The lowest BCUT2D eigenvalue weighted by Gasteiger charge is -2.36. The van der Waals surface area contributed by atoms with Gasteiger partial charge in [-0.25, -0.2) is 0 Å². The number of phenolic OH excluding ortho intramolecular Hbond substituents is 1. The molecule has 1 aliphatic heterocycles. The highest BCUT2D eigenvalue weighted by Gasteiger charge is 2.36. The van der Waals surface area contributed by atoms with Gasteiger partial charge < -0.3 is 14.9 Å². The van der Waals surface area contributed by atoms with Gasteiger partial charge in [-0.15, -0.1) is 0 Å². The first-order chi connectivity index (χ1) is 20.4. The van der Waals surface area contributed by atoms with Crippen LogP contribution in [0, 0.1) is 0 Å². The zero-order chi connectivity index (χ0) is 30.6.